The first-order valence-corrected chi connectivity index (χ1v) is 1.79. The normalized spacial score (nSPS) is 6.00. The van der Waals surface area contributed by atoms with Gasteiger partial charge in [-0.15, -0.1) is 0 Å². The van der Waals surface area contributed by atoms with Gasteiger partial charge in [-0.1, -0.05) is 0 Å². The van der Waals surface area contributed by atoms with Crippen molar-refractivity contribution >= 4 is 0 Å². The van der Waals surface area contributed by atoms with Crippen LogP contribution in [0.4, 0.5) is 0 Å². The number of nitrogens with one attached hydrogen (secondary N) is 2. The smallest absolute Gasteiger partial charge is 0.679 e. The topological polar surface area (TPSA) is 108 Å². The molecule has 0 bridgehead atoms. The third-order valence-corrected chi connectivity index (χ3v) is 0.125. The number of hydrogen-bond donors (Lipinski definition) is 2. The Kier molecular flexibility index (Phi) is 27.6. The third kappa shape index (κ3) is 594. The molecule has 0 aromatic rings. The van der Waals surface area contributed by atoms with Gasteiger partial charge < -0.3 is 11.5 Å². The zero-order chi connectivity index (χ0) is 6.99. The zero-order valence-electron chi connectivity index (χ0n) is 4.47. The van der Waals surface area contributed by atoms with E-state index in [-0.39, 0.29) is 30.2 Å². The van der Waals surface area contributed by atoms with E-state index in [0.29, 0.717) is 0 Å². The molecule has 0 heterocycles. The van der Waals surface area contributed by atoms with Crippen LogP contribution in [0.3, 0.4) is 0 Å². The molecule has 0 saturated carbocycles. The van der Waals surface area contributed by atoms with E-state index in [9.17, 15) is 0 Å². The largest absolute Gasteiger partial charge is 1.00 e. The molecule has 0 unspecified atom stereocenters. The van der Waals surface area contributed by atoms with Gasteiger partial charge in [-0.3, -0.25) is 0 Å². The predicted octanol–water partition coefficient (Wildman–Crippen LogP) is 0.632. The Hall–Kier alpha value is -0.361. The van der Waals surface area contributed by atoms with Crippen LogP contribution >= 0.6 is 0 Å². The number of nitrogens with zero attached hydrogens (tertiary/aromatic N) is 1. The summed E-state index contributed by atoms with van der Waals surface area (Å²) >= 11 is 0. The van der Waals surface area contributed by atoms with E-state index in [4.69, 9.17) is 26.8 Å². The molecular formula is C2H8CuN3O3. The molecule has 0 aliphatic rings. The first-order valence-electron chi connectivity index (χ1n) is 1.79. The molecule has 0 aromatic carbocycles. The molecule has 0 fully saturated rings. The van der Waals surface area contributed by atoms with Crippen molar-refractivity contribution in [1.29, 1.82) is 0 Å². The van der Waals surface area contributed by atoms with Gasteiger partial charge in [0.1, 0.15) is 4.91 Å². The summed E-state index contributed by atoms with van der Waals surface area (Å²) in [6.07, 6.45) is 0. The Bertz CT molecular complexity index is 55.0. The SMILES string of the molecule is O=[N+](O)O.[Cu+].[NH-]CC[NH-]. The molecule has 0 rings (SSSR count). The van der Waals surface area contributed by atoms with Crippen LogP contribution in [-0.2, 0) is 17.1 Å². The Morgan fingerprint density at radius 2 is 1.33 bits per heavy atom. The fraction of sp³-hybridized carbons (Fsp3) is 1.00. The third-order valence-electron chi connectivity index (χ3n) is 0.125. The zero-order valence-corrected chi connectivity index (χ0v) is 5.41. The molecule has 0 aliphatic carbocycles. The van der Waals surface area contributed by atoms with Gasteiger partial charge >= 0.3 is 22.2 Å². The number of hydrogen-bond acceptors (Lipinski definition) is 1. The molecule has 7 heteroatoms. The summed E-state index contributed by atoms with van der Waals surface area (Å²) in [6.45, 7) is 0.472. The molecule has 0 aliphatic heterocycles. The minimum Gasteiger partial charge on any atom is -0.679 e. The van der Waals surface area contributed by atoms with Crippen molar-refractivity contribution in [1.82, 2.24) is 0 Å². The fourth-order valence-corrected chi connectivity index (χ4v) is 0. The second kappa shape index (κ2) is 15.6. The van der Waals surface area contributed by atoms with E-state index in [1.165, 1.54) is 0 Å². The Labute approximate surface area is 62.8 Å². The molecule has 6 nitrogen and oxygen atoms in total. The monoisotopic (exact) mass is 185 g/mol. The Balaban J connectivity index is -0.0000000720. The predicted molar refractivity (Wildman–Crippen MR) is 25.6 cm³/mol. The molecule has 0 spiro atoms. The molecule has 9 heavy (non-hydrogen) atoms. The van der Waals surface area contributed by atoms with Crippen molar-refractivity contribution in [2.24, 2.45) is 0 Å². The summed E-state index contributed by atoms with van der Waals surface area (Å²) in [4.78, 5) is 8.47. The maximum absolute atomic E-state index is 8.47. The van der Waals surface area contributed by atoms with Crippen molar-refractivity contribution < 1.29 is 32.6 Å². The van der Waals surface area contributed by atoms with Gasteiger partial charge in [0.05, 0.1) is 0 Å². The van der Waals surface area contributed by atoms with Gasteiger partial charge in [0.15, 0.2) is 0 Å². The minimum atomic E-state index is -1.25. The second-order valence-corrected chi connectivity index (χ2v) is 0.753. The molecular weight excluding hydrogens is 178 g/mol. The van der Waals surface area contributed by atoms with E-state index in [2.05, 4.69) is 0 Å². The first-order chi connectivity index (χ1) is 3.65. The average molecular weight is 186 g/mol. The summed E-state index contributed by atoms with van der Waals surface area (Å²) in [7, 11) is 0. The van der Waals surface area contributed by atoms with Crippen LogP contribution in [0.15, 0.2) is 0 Å². The van der Waals surface area contributed by atoms with Crippen LogP contribution in [0, 0.1) is 4.91 Å². The van der Waals surface area contributed by atoms with Crippen LogP contribution in [0.1, 0.15) is 0 Å². The summed E-state index contributed by atoms with van der Waals surface area (Å²) in [5.74, 6) is 0. The second-order valence-electron chi connectivity index (χ2n) is 0.753. The van der Waals surface area contributed by atoms with Crippen LogP contribution in [0.25, 0.3) is 11.5 Å². The molecule has 0 radical (unpaired) electrons. The fourth-order valence-electron chi connectivity index (χ4n) is 0. The summed E-state index contributed by atoms with van der Waals surface area (Å²) < 4.78 is 0. The van der Waals surface area contributed by atoms with Crippen LogP contribution in [-0.4, -0.2) is 28.6 Å². The van der Waals surface area contributed by atoms with Crippen molar-refractivity contribution in [3.63, 3.8) is 0 Å². The maximum atomic E-state index is 8.47. The van der Waals surface area contributed by atoms with Gasteiger partial charge in [-0.05, 0) is 0 Å². The van der Waals surface area contributed by atoms with Gasteiger partial charge in [0.2, 0.25) is 0 Å². The van der Waals surface area contributed by atoms with Crippen LogP contribution in [0.5, 0.6) is 0 Å². The molecule has 0 atom stereocenters. The molecule has 4 N–H and O–H groups in total. The van der Waals surface area contributed by atoms with E-state index >= 15 is 0 Å². The summed E-state index contributed by atoms with van der Waals surface area (Å²) in [5, 5.41) is 12.5. The quantitative estimate of drug-likeness (QED) is 0.462. The van der Waals surface area contributed by atoms with E-state index < -0.39 is 5.09 Å². The molecule has 0 saturated heterocycles. The number of rotatable bonds is 1. The Morgan fingerprint density at radius 3 is 1.33 bits per heavy atom. The van der Waals surface area contributed by atoms with Crippen molar-refractivity contribution in [2.75, 3.05) is 13.1 Å². The van der Waals surface area contributed by atoms with Gasteiger partial charge in [-0.2, -0.15) is 13.1 Å². The standard InChI is InChI=1S/C2H6N2.Cu.H2NO3/c3-1-2-4;;2-1(3)4/h3-4H,1-2H2;;(H2,2,3,4)/q-2;2*+1. The average Bonchev–Trinajstić information content (AvgIpc) is 1.65. The minimum absolute atomic E-state index is 0. The first kappa shape index (κ1) is 15.9. The van der Waals surface area contributed by atoms with Crippen molar-refractivity contribution in [3.05, 3.63) is 16.4 Å². The van der Waals surface area contributed by atoms with Gasteiger partial charge in [0, 0.05) is 0 Å². The Morgan fingerprint density at radius 1 is 1.22 bits per heavy atom. The summed E-state index contributed by atoms with van der Waals surface area (Å²) in [6, 6.07) is 0. The van der Waals surface area contributed by atoms with Gasteiger partial charge in [-0.25, -0.2) is 10.4 Å². The van der Waals surface area contributed by atoms with Crippen LogP contribution in [0.2, 0.25) is 0 Å². The molecule has 0 aromatic heterocycles. The van der Waals surface area contributed by atoms with Crippen molar-refractivity contribution in [2.45, 2.75) is 0 Å². The van der Waals surface area contributed by atoms with E-state index in [1.54, 1.807) is 0 Å². The summed E-state index contributed by atoms with van der Waals surface area (Å²) in [5.41, 5.74) is 12.5. The maximum Gasteiger partial charge on any atom is 1.00 e. The van der Waals surface area contributed by atoms with Gasteiger partial charge in [0.25, 0.3) is 0 Å². The molecule has 60 valence electrons. The van der Waals surface area contributed by atoms with E-state index in [1.807, 2.05) is 0 Å². The van der Waals surface area contributed by atoms with Crippen LogP contribution < -0.4 is 0 Å². The molecule has 0 amide bonds. The van der Waals surface area contributed by atoms with E-state index in [0.717, 1.165) is 0 Å². The van der Waals surface area contributed by atoms with Crippen molar-refractivity contribution in [3.8, 4) is 0 Å².